The van der Waals surface area contributed by atoms with Gasteiger partial charge in [0.25, 0.3) is 0 Å². The topological polar surface area (TPSA) is 70.2 Å². The highest BCUT2D eigenvalue weighted by molar-refractivity contribution is 6.18. The summed E-state index contributed by atoms with van der Waals surface area (Å²) in [6.07, 6.45) is 0.899. The number of carbonyl (C=O) groups excluding carboxylic acids is 3. The molecule has 3 amide bonds. The molecule has 7 nitrogen and oxygen atoms in total. The highest BCUT2D eigenvalue weighted by atomic mass is 19.1. The standard InChI is InChI=1S/C27H29F2N3O4/c1-27(19-33)18-24(34)32(26(35)31(27)14-13-30(2)12-7-15-36-3)25-22(28)16-21(17-23(25)29)11-10-20-8-5-4-6-9-20/h4-6,8-9,16-17,19H,7,12-15,18H2,1-3H3. The lowest BCUT2D eigenvalue weighted by atomic mass is 9.93. The SMILES string of the molecule is COCCCN(C)CCN1C(=O)N(c2c(F)cc(C#Cc3ccccc3)cc2F)C(=O)CC1(C)C=O. The van der Waals surface area contributed by atoms with Crippen LogP contribution in [0, 0.1) is 23.5 Å². The first-order chi connectivity index (χ1) is 17.2. The lowest BCUT2D eigenvalue weighted by Crippen LogP contribution is -2.65. The predicted octanol–water partition coefficient (Wildman–Crippen LogP) is 3.45. The number of imide groups is 1. The summed E-state index contributed by atoms with van der Waals surface area (Å²) in [6, 6.07) is 9.93. The van der Waals surface area contributed by atoms with Crippen LogP contribution in [0.5, 0.6) is 0 Å². The van der Waals surface area contributed by atoms with Crippen LogP contribution < -0.4 is 4.90 Å². The van der Waals surface area contributed by atoms with Gasteiger partial charge in [-0.15, -0.1) is 0 Å². The van der Waals surface area contributed by atoms with E-state index in [1.807, 2.05) is 18.0 Å². The Kier molecular flexibility index (Phi) is 8.91. The smallest absolute Gasteiger partial charge is 0.332 e. The van der Waals surface area contributed by atoms with Crippen molar-refractivity contribution in [1.82, 2.24) is 9.80 Å². The molecule has 1 heterocycles. The fourth-order valence-corrected chi connectivity index (χ4v) is 3.98. The van der Waals surface area contributed by atoms with Crippen molar-refractivity contribution in [2.24, 2.45) is 0 Å². The number of urea groups is 1. The quantitative estimate of drug-likeness (QED) is 0.302. The monoisotopic (exact) mass is 497 g/mol. The number of aldehydes is 1. The van der Waals surface area contributed by atoms with Gasteiger partial charge in [0.05, 0.1) is 6.42 Å². The molecule has 0 spiro atoms. The molecule has 1 aliphatic rings. The molecule has 36 heavy (non-hydrogen) atoms. The van der Waals surface area contributed by atoms with E-state index >= 15 is 8.78 Å². The largest absolute Gasteiger partial charge is 0.385 e. The van der Waals surface area contributed by atoms with Crippen LogP contribution in [-0.2, 0) is 14.3 Å². The van der Waals surface area contributed by atoms with Crippen LogP contribution in [0.1, 0.15) is 30.9 Å². The average molecular weight is 498 g/mol. The predicted molar refractivity (Wildman–Crippen MR) is 131 cm³/mol. The maximum Gasteiger partial charge on any atom is 0.332 e. The van der Waals surface area contributed by atoms with E-state index in [9.17, 15) is 14.4 Å². The zero-order chi connectivity index (χ0) is 26.3. The molecule has 1 unspecified atom stereocenters. The molecule has 1 saturated heterocycles. The van der Waals surface area contributed by atoms with Crippen LogP contribution in [0.3, 0.4) is 0 Å². The Hall–Kier alpha value is -3.61. The van der Waals surface area contributed by atoms with E-state index in [2.05, 4.69) is 11.8 Å². The zero-order valence-electron chi connectivity index (χ0n) is 20.6. The summed E-state index contributed by atoms with van der Waals surface area (Å²) in [6.45, 7) is 3.20. The number of rotatable bonds is 9. The number of hydrogen-bond donors (Lipinski definition) is 0. The van der Waals surface area contributed by atoms with Crippen molar-refractivity contribution in [3.8, 4) is 11.8 Å². The van der Waals surface area contributed by atoms with Gasteiger partial charge in [0.2, 0.25) is 5.91 Å². The molecule has 0 N–H and O–H groups in total. The normalized spacial score (nSPS) is 17.8. The lowest BCUT2D eigenvalue weighted by molar-refractivity contribution is -0.128. The van der Waals surface area contributed by atoms with E-state index in [1.54, 1.807) is 31.4 Å². The first kappa shape index (κ1) is 27.0. The van der Waals surface area contributed by atoms with Crippen molar-refractivity contribution in [3.63, 3.8) is 0 Å². The van der Waals surface area contributed by atoms with Gasteiger partial charge in [-0.05, 0) is 44.7 Å². The second-order valence-corrected chi connectivity index (χ2v) is 8.87. The number of ether oxygens (including phenoxy) is 1. The van der Waals surface area contributed by atoms with E-state index < -0.39 is 41.2 Å². The Bertz CT molecular complexity index is 1160. The number of anilines is 1. The van der Waals surface area contributed by atoms with Crippen LogP contribution in [0.2, 0.25) is 0 Å². The summed E-state index contributed by atoms with van der Waals surface area (Å²) in [5.41, 5.74) is -1.48. The Balaban J connectivity index is 1.86. The third kappa shape index (κ3) is 6.14. The van der Waals surface area contributed by atoms with Gasteiger partial charge in [-0.1, -0.05) is 30.0 Å². The van der Waals surface area contributed by atoms with Crippen LogP contribution in [0.15, 0.2) is 42.5 Å². The maximum absolute atomic E-state index is 15.1. The molecule has 0 aromatic heterocycles. The van der Waals surface area contributed by atoms with Gasteiger partial charge in [0.1, 0.15) is 17.5 Å². The molecule has 190 valence electrons. The van der Waals surface area contributed by atoms with Crippen molar-refractivity contribution in [3.05, 3.63) is 65.2 Å². The molecule has 0 radical (unpaired) electrons. The van der Waals surface area contributed by atoms with Gasteiger partial charge in [-0.2, -0.15) is 0 Å². The van der Waals surface area contributed by atoms with Gasteiger partial charge in [-0.3, -0.25) is 4.79 Å². The summed E-state index contributed by atoms with van der Waals surface area (Å²) >= 11 is 0. The Morgan fingerprint density at radius 1 is 1.08 bits per heavy atom. The minimum Gasteiger partial charge on any atom is -0.385 e. The maximum atomic E-state index is 15.1. The van der Waals surface area contributed by atoms with Crippen molar-refractivity contribution < 1.29 is 27.9 Å². The molecule has 2 aromatic rings. The highest BCUT2D eigenvalue weighted by Gasteiger charge is 2.48. The Labute approximate surface area is 209 Å². The zero-order valence-corrected chi connectivity index (χ0v) is 20.6. The second kappa shape index (κ2) is 11.9. The summed E-state index contributed by atoms with van der Waals surface area (Å²) in [7, 11) is 3.45. The second-order valence-electron chi connectivity index (χ2n) is 8.87. The first-order valence-corrected chi connectivity index (χ1v) is 11.5. The summed E-state index contributed by atoms with van der Waals surface area (Å²) in [4.78, 5) is 41.7. The number of methoxy groups -OCH3 is 1. The molecular weight excluding hydrogens is 468 g/mol. The summed E-state index contributed by atoms with van der Waals surface area (Å²) in [5, 5.41) is 0. The van der Waals surface area contributed by atoms with Crippen LogP contribution in [-0.4, -0.2) is 74.0 Å². The number of amides is 3. The number of benzene rings is 2. The van der Waals surface area contributed by atoms with E-state index in [-0.39, 0.29) is 12.1 Å². The van der Waals surface area contributed by atoms with Crippen molar-refractivity contribution in [1.29, 1.82) is 0 Å². The van der Waals surface area contributed by atoms with Gasteiger partial charge in [-0.25, -0.2) is 18.5 Å². The molecule has 0 bridgehead atoms. The summed E-state index contributed by atoms with van der Waals surface area (Å²) in [5.74, 6) is 2.45. The molecule has 0 aliphatic carbocycles. The van der Waals surface area contributed by atoms with Gasteiger partial charge >= 0.3 is 6.03 Å². The number of nitrogens with zero attached hydrogens (tertiary/aromatic N) is 3. The molecule has 1 aliphatic heterocycles. The number of halogens is 2. The lowest BCUT2D eigenvalue weighted by Gasteiger charge is -2.44. The van der Waals surface area contributed by atoms with Crippen LogP contribution in [0.4, 0.5) is 19.3 Å². The van der Waals surface area contributed by atoms with E-state index in [1.165, 1.54) is 11.8 Å². The average Bonchev–Trinajstić information content (AvgIpc) is 2.85. The highest BCUT2D eigenvalue weighted by Crippen LogP contribution is 2.33. The van der Waals surface area contributed by atoms with Crippen LogP contribution >= 0.6 is 0 Å². The van der Waals surface area contributed by atoms with Crippen molar-refractivity contribution >= 4 is 23.9 Å². The van der Waals surface area contributed by atoms with E-state index in [0.29, 0.717) is 36.4 Å². The van der Waals surface area contributed by atoms with E-state index in [0.717, 1.165) is 18.6 Å². The van der Waals surface area contributed by atoms with Gasteiger partial charge in [0.15, 0.2) is 11.6 Å². The molecule has 2 aromatic carbocycles. The molecule has 0 saturated carbocycles. The Morgan fingerprint density at radius 3 is 2.33 bits per heavy atom. The molecule has 1 atom stereocenters. The third-order valence-corrected chi connectivity index (χ3v) is 6.01. The summed E-state index contributed by atoms with van der Waals surface area (Å²) < 4.78 is 35.2. The van der Waals surface area contributed by atoms with Crippen molar-refractivity contribution in [2.45, 2.75) is 25.3 Å². The number of carbonyl (C=O) groups is 3. The molecular formula is C27H29F2N3O4. The first-order valence-electron chi connectivity index (χ1n) is 11.5. The number of hydrogen-bond acceptors (Lipinski definition) is 5. The fourth-order valence-electron chi connectivity index (χ4n) is 3.98. The minimum absolute atomic E-state index is 0.0572. The Morgan fingerprint density at radius 2 is 1.72 bits per heavy atom. The minimum atomic E-state index is -1.42. The van der Waals surface area contributed by atoms with Crippen molar-refractivity contribution in [2.75, 3.05) is 45.3 Å². The third-order valence-electron chi connectivity index (χ3n) is 6.01. The molecule has 3 rings (SSSR count). The fraction of sp³-hybridized carbons (Fsp3) is 0.370. The van der Waals surface area contributed by atoms with Gasteiger partial charge < -0.3 is 19.3 Å². The van der Waals surface area contributed by atoms with Gasteiger partial charge in [0, 0.05) is 44.5 Å². The van der Waals surface area contributed by atoms with Crippen LogP contribution in [0.25, 0.3) is 0 Å². The molecule has 1 fully saturated rings. The van der Waals surface area contributed by atoms with E-state index in [4.69, 9.17) is 4.74 Å². The molecule has 9 heteroatoms. The number of likely N-dealkylation sites (N-methyl/N-ethyl adjacent to an activating group) is 1.